The van der Waals surface area contributed by atoms with Crippen LogP contribution in [0.5, 0.6) is 0 Å². The van der Waals surface area contributed by atoms with Gasteiger partial charge >= 0.3 is 0 Å². The van der Waals surface area contributed by atoms with Crippen LogP contribution in [0.15, 0.2) is 11.1 Å². The third kappa shape index (κ3) is 2.67. The Morgan fingerprint density at radius 2 is 2.29 bits per heavy atom. The first-order chi connectivity index (χ1) is 6.69. The monoisotopic (exact) mass is 303 g/mol. The summed E-state index contributed by atoms with van der Waals surface area (Å²) < 4.78 is 0.911. The fourth-order valence-electron chi connectivity index (χ4n) is 1.29. The Balaban J connectivity index is 3.18. The number of pyridine rings is 1. The highest BCUT2D eigenvalue weighted by atomic mass is 127. The number of anilines is 1. The van der Waals surface area contributed by atoms with Gasteiger partial charge in [-0.3, -0.25) is 4.99 Å². The number of nitrogens with zero attached hydrogens (tertiary/aromatic N) is 2. The molecule has 0 bridgehead atoms. The van der Waals surface area contributed by atoms with Gasteiger partial charge in [0.15, 0.2) is 5.82 Å². The summed E-state index contributed by atoms with van der Waals surface area (Å²) in [4.78, 5) is 8.76. The molecule has 0 saturated carbocycles. The summed E-state index contributed by atoms with van der Waals surface area (Å²) in [6.07, 6.45) is 1.89. The summed E-state index contributed by atoms with van der Waals surface area (Å²) in [6, 6.07) is 2.04. The number of aliphatic imine (C=N–C) groups is 1. The SMILES string of the molecule is CNc1nc(C)cc(C)c1N=CCI. The summed E-state index contributed by atoms with van der Waals surface area (Å²) in [5, 5.41) is 3.06. The molecular weight excluding hydrogens is 289 g/mol. The number of aromatic nitrogens is 1. The van der Waals surface area contributed by atoms with Crippen molar-refractivity contribution in [1.29, 1.82) is 0 Å². The van der Waals surface area contributed by atoms with Crippen LogP contribution in [0.1, 0.15) is 11.3 Å². The molecule has 0 spiro atoms. The molecule has 0 unspecified atom stereocenters. The Kier molecular flexibility index (Phi) is 4.31. The lowest BCUT2D eigenvalue weighted by atomic mass is 10.2. The standard InChI is InChI=1S/C10H14IN3/c1-7-6-8(2)14-10(12-3)9(7)13-5-4-11/h5-6H,4H2,1-3H3,(H,12,14). The van der Waals surface area contributed by atoms with E-state index in [1.165, 1.54) is 0 Å². The fourth-order valence-corrected chi connectivity index (χ4v) is 1.49. The van der Waals surface area contributed by atoms with Crippen LogP contribution in [-0.2, 0) is 0 Å². The van der Waals surface area contributed by atoms with E-state index < -0.39 is 0 Å². The number of hydrogen-bond donors (Lipinski definition) is 1. The van der Waals surface area contributed by atoms with Crippen molar-refractivity contribution in [2.75, 3.05) is 16.8 Å². The summed E-state index contributed by atoms with van der Waals surface area (Å²) >= 11 is 2.27. The van der Waals surface area contributed by atoms with E-state index in [0.29, 0.717) is 0 Å². The lowest BCUT2D eigenvalue weighted by Gasteiger charge is -2.08. The maximum atomic E-state index is 4.38. The quantitative estimate of drug-likeness (QED) is 0.529. The van der Waals surface area contributed by atoms with Gasteiger partial charge in [0, 0.05) is 23.4 Å². The van der Waals surface area contributed by atoms with Crippen LogP contribution in [0, 0.1) is 13.8 Å². The Morgan fingerprint density at radius 3 is 2.86 bits per heavy atom. The maximum Gasteiger partial charge on any atom is 0.152 e. The van der Waals surface area contributed by atoms with Gasteiger partial charge in [0.2, 0.25) is 0 Å². The normalized spacial score (nSPS) is 10.9. The number of alkyl halides is 1. The molecule has 0 amide bonds. The van der Waals surface area contributed by atoms with Crippen molar-refractivity contribution in [2.24, 2.45) is 4.99 Å². The summed E-state index contributed by atoms with van der Waals surface area (Å²) in [7, 11) is 1.87. The number of rotatable bonds is 3. The van der Waals surface area contributed by atoms with E-state index >= 15 is 0 Å². The average Bonchev–Trinajstić information content (AvgIpc) is 2.15. The Hall–Kier alpha value is -0.650. The van der Waals surface area contributed by atoms with Crippen LogP contribution >= 0.6 is 22.6 Å². The van der Waals surface area contributed by atoms with E-state index in [1.807, 2.05) is 26.3 Å². The highest BCUT2D eigenvalue weighted by molar-refractivity contribution is 14.1. The number of aryl methyl sites for hydroxylation is 2. The second-order valence-corrected chi connectivity index (χ2v) is 3.87. The third-order valence-electron chi connectivity index (χ3n) is 1.84. The molecule has 1 aromatic heterocycles. The van der Waals surface area contributed by atoms with Crippen LogP contribution in [0.25, 0.3) is 0 Å². The number of nitrogens with one attached hydrogen (secondary N) is 1. The lowest BCUT2D eigenvalue weighted by molar-refractivity contribution is 1.16. The first-order valence-corrected chi connectivity index (χ1v) is 5.96. The highest BCUT2D eigenvalue weighted by Gasteiger charge is 2.04. The molecule has 76 valence electrons. The Labute approximate surface area is 98.2 Å². The maximum absolute atomic E-state index is 4.38. The molecule has 0 radical (unpaired) electrons. The summed E-state index contributed by atoms with van der Waals surface area (Å²) in [5.41, 5.74) is 3.11. The van der Waals surface area contributed by atoms with Crippen LogP contribution in [-0.4, -0.2) is 22.7 Å². The molecule has 4 heteroatoms. The Bertz CT molecular complexity index is 347. The second-order valence-electron chi connectivity index (χ2n) is 2.99. The molecule has 0 aliphatic rings. The minimum Gasteiger partial charge on any atom is -0.371 e. The predicted molar refractivity (Wildman–Crippen MR) is 70.3 cm³/mol. The topological polar surface area (TPSA) is 37.3 Å². The molecule has 0 fully saturated rings. The molecular formula is C10H14IN3. The van der Waals surface area contributed by atoms with Crippen LogP contribution in [0.2, 0.25) is 0 Å². The van der Waals surface area contributed by atoms with E-state index in [9.17, 15) is 0 Å². The number of hydrogen-bond acceptors (Lipinski definition) is 3. The molecule has 0 saturated heterocycles. The predicted octanol–water partition coefficient (Wildman–Crippen LogP) is 2.88. The zero-order valence-electron chi connectivity index (χ0n) is 8.63. The van der Waals surface area contributed by atoms with Crippen molar-refractivity contribution in [3.05, 3.63) is 17.3 Å². The molecule has 0 atom stereocenters. The fraction of sp³-hybridized carbons (Fsp3) is 0.400. The van der Waals surface area contributed by atoms with Crippen LogP contribution < -0.4 is 5.32 Å². The van der Waals surface area contributed by atoms with Crippen molar-refractivity contribution in [3.8, 4) is 0 Å². The molecule has 1 N–H and O–H groups in total. The van der Waals surface area contributed by atoms with Gasteiger partial charge in [0.25, 0.3) is 0 Å². The van der Waals surface area contributed by atoms with Gasteiger partial charge in [-0.25, -0.2) is 4.98 Å². The molecule has 0 aromatic carbocycles. The first-order valence-electron chi connectivity index (χ1n) is 4.43. The largest absolute Gasteiger partial charge is 0.371 e. The van der Waals surface area contributed by atoms with E-state index in [4.69, 9.17) is 0 Å². The zero-order valence-corrected chi connectivity index (χ0v) is 10.8. The molecule has 1 aromatic rings. The third-order valence-corrected chi connectivity index (χ3v) is 2.23. The van der Waals surface area contributed by atoms with Crippen LogP contribution in [0.3, 0.4) is 0 Å². The minimum absolute atomic E-state index is 0.851. The van der Waals surface area contributed by atoms with Crippen molar-refractivity contribution in [2.45, 2.75) is 13.8 Å². The second kappa shape index (κ2) is 5.29. The molecule has 1 heterocycles. The zero-order chi connectivity index (χ0) is 10.6. The molecule has 14 heavy (non-hydrogen) atoms. The number of halogens is 1. The van der Waals surface area contributed by atoms with E-state index in [1.54, 1.807) is 0 Å². The van der Waals surface area contributed by atoms with E-state index in [-0.39, 0.29) is 0 Å². The van der Waals surface area contributed by atoms with Crippen molar-refractivity contribution in [3.63, 3.8) is 0 Å². The van der Waals surface area contributed by atoms with Gasteiger partial charge in [-0.15, -0.1) is 0 Å². The first kappa shape index (κ1) is 11.4. The van der Waals surface area contributed by atoms with Crippen molar-refractivity contribution >= 4 is 40.3 Å². The molecule has 0 aliphatic heterocycles. The van der Waals surface area contributed by atoms with Gasteiger partial charge in [-0.2, -0.15) is 0 Å². The van der Waals surface area contributed by atoms with Crippen molar-refractivity contribution < 1.29 is 0 Å². The van der Waals surface area contributed by atoms with Gasteiger partial charge in [-0.05, 0) is 25.5 Å². The van der Waals surface area contributed by atoms with E-state index in [2.05, 4.69) is 44.8 Å². The summed E-state index contributed by atoms with van der Waals surface area (Å²) in [6.45, 7) is 4.04. The Morgan fingerprint density at radius 1 is 1.57 bits per heavy atom. The van der Waals surface area contributed by atoms with Crippen LogP contribution in [0.4, 0.5) is 11.5 Å². The van der Waals surface area contributed by atoms with Gasteiger partial charge in [-0.1, -0.05) is 22.6 Å². The van der Waals surface area contributed by atoms with Gasteiger partial charge < -0.3 is 5.32 Å². The van der Waals surface area contributed by atoms with Gasteiger partial charge in [0.05, 0.1) is 0 Å². The molecule has 1 rings (SSSR count). The smallest absolute Gasteiger partial charge is 0.152 e. The van der Waals surface area contributed by atoms with Crippen molar-refractivity contribution in [1.82, 2.24) is 4.98 Å². The summed E-state index contributed by atoms with van der Waals surface area (Å²) in [5.74, 6) is 0.851. The lowest BCUT2D eigenvalue weighted by Crippen LogP contribution is -1.96. The highest BCUT2D eigenvalue weighted by Crippen LogP contribution is 2.26. The molecule has 3 nitrogen and oxygen atoms in total. The molecule has 0 aliphatic carbocycles. The van der Waals surface area contributed by atoms with E-state index in [0.717, 1.165) is 27.2 Å². The minimum atomic E-state index is 0.851. The average molecular weight is 303 g/mol. The van der Waals surface area contributed by atoms with Gasteiger partial charge in [0.1, 0.15) is 5.69 Å².